The SMILES string of the molecule is NC(CO)c1ncn[nH]1. The van der Waals surface area contributed by atoms with E-state index < -0.39 is 6.04 Å². The van der Waals surface area contributed by atoms with Crippen LogP contribution in [0.4, 0.5) is 0 Å². The van der Waals surface area contributed by atoms with Gasteiger partial charge in [-0.15, -0.1) is 0 Å². The Kier molecular flexibility index (Phi) is 1.76. The molecule has 5 heteroatoms. The standard InChI is InChI=1S/C4H8N4O/c5-3(1-9)4-6-2-7-8-4/h2-3,9H,1,5H2,(H,6,7,8). The van der Waals surface area contributed by atoms with Gasteiger partial charge in [0.25, 0.3) is 0 Å². The summed E-state index contributed by atoms with van der Waals surface area (Å²) in [5.74, 6) is 0.512. The molecule has 0 aliphatic rings. The topological polar surface area (TPSA) is 87.8 Å². The van der Waals surface area contributed by atoms with Gasteiger partial charge in [-0.25, -0.2) is 4.98 Å². The Morgan fingerprint density at radius 3 is 3.11 bits per heavy atom. The van der Waals surface area contributed by atoms with Crippen LogP contribution >= 0.6 is 0 Å². The Balaban J connectivity index is 2.65. The molecule has 0 fully saturated rings. The molecule has 0 bridgehead atoms. The lowest BCUT2D eigenvalue weighted by molar-refractivity contribution is 0.263. The first-order chi connectivity index (χ1) is 4.34. The summed E-state index contributed by atoms with van der Waals surface area (Å²) in [5, 5.41) is 14.6. The van der Waals surface area contributed by atoms with Crippen LogP contribution in [0.25, 0.3) is 0 Å². The summed E-state index contributed by atoms with van der Waals surface area (Å²) in [6.07, 6.45) is 1.35. The second-order valence-electron chi connectivity index (χ2n) is 1.66. The molecule has 0 spiro atoms. The van der Waals surface area contributed by atoms with Gasteiger partial charge >= 0.3 is 0 Å². The van der Waals surface area contributed by atoms with Gasteiger partial charge in [0.2, 0.25) is 0 Å². The van der Waals surface area contributed by atoms with Crippen LogP contribution in [0.15, 0.2) is 6.33 Å². The van der Waals surface area contributed by atoms with Crippen molar-refractivity contribution in [1.29, 1.82) is 0 Å². The number of aliphatic hydroxyl groups excluding tert-OH is 1. The molecule has 50 valence electrons. The number of hydrogen-bond donors (Lipinski definition) is 3. The molecular weight excluding hydrogens is 120 g/mol. The maximum Gasteiger partial charge on any atom is 0.143 e. The van der Waals surface area contributed by atoms with Crippen molar-refractivity contribution in [3.05, 3.63) is 12.2 Å². The lowest BCUT2D eigenvalue weighted by Crippen LogP contribution is -2.15. The van der Waals surface area contributed by atoms with Gasteiger partial charge < -0.3 is 10.8 Å². The van der Waals surface area contributed by atoms with Gasteiger partial charge in [0, 0.05) is 0 Å². The Morgan fingerprint density at radius 2 is 2.67 bits per heavy atom. The van der Waals surface area contributed by atoms with Crippen LogP contribution in [-0.4, -0.2) is 26.9 Å². The first-order valence-electron chi connectivity index (χ1n) is 2.56. The summed E-state index contributed by atoms with van der Waals surface area (Å²) in [5.41, 5.74) is 5.35. The number of nitrogens with zero attached hydrogens (tertiary/aromatic N) is 2. The molecule has 1 aromatic rings. The zero-order chi connectivity index (χ0) is 6.69. The third kappa shape index (κ3) is 1.24. The number of H-pyrrole nitrogens is 1. The second kappa shape index (κ2) is 2.56. The maximum atomic E-state index is 8.49. The third-order valence-corrected chi connectivity index (χ3v) is 0.982. The number of nitrogens with two attached hydrogens (primary N) is 1. The minimum Gasteiger partial charge on any atom is -0.394 e. The van der Waals surface area contributed by atoms with Gasteiger partial charge in [-0.1, -0.05) is 0 Å². The number of nitrogens with one attached hydrogen (secondary N) is 1. The molecule has 0 aliphatic heterocycles. The quantitative estimate of drug-likeness (QED) is 0.466. The molecule has 0 aliphatic carbocycles. The highest BCUT2D eigenvalue weighted by Crippen LogP contribution is 1.97. The highest BCUT2D eigenvalue weighted by molar-refractivity contribution is 4.88. The Labute approximate surface area is 51.9 Å². The average molecular weight is 128 g/mol. The summed E-state index contributed by atoms with van der Waals surface area (Å²) in [6, 6.07) is -0.438. The molecule has 0 aromatic carbocycles. The van der Waals surface area contributed by atoms with Crippen molar-refractivity contribution in [2.45, 2.75) is 6.04 Å². The number of rotatable bonds is 2. The minimum atomic E-state index is -0.438. The second-order valence-corrected chi connectivity index (χ2v) is 1.66. The highest BCUT2D eigenvalue weighted by Gasteiger charge is 2.04. The normalized spacial score (nSPS) is 13.6. The molecule has 1 rings (SSSR count). The van der Waals surface area contributed by atoms with Gasteiger partial charge in [0.1, 0.15) is 12.2 Å². The van der Waals surface area contributed by atoms with Crippen LogP contribution in [-0.2, 0) is 0 Å². The van der Waals surface area contributed by atoms with E-state index in [1.807, 2.05) is 0 Å². The fraction of sp³-hybridized carbons (Fsp3) is 0.500. The summed E-state index contributed by atoms with van der Waals surface area (Å²) in [6.45, 7) is -0.116. The Morgan fingerprint density at radius 1 is 1.89 bits per heavy atom. The average Bonchev–Trinajstić information content (AvgIpc) is 2.37. The van der Waals surface area contributed by atoms with E-state index in [9.17, 15) is 0 Å². The largest absolute Gasteiger partial charge is 0.394 e. The highest BCUT2D eigenvalue weighted by atomic mass is 16.3. The molecule has 4 N–H and O–H groups in total. The van der Waals surface area contributed by atoms with Crippen molar-refractivity contribution >= 4 is 0 Å². The third-order valence-electron chi connectivity index (χ3n) is 0.982. The van der Waals surface area contributed by atoms with Crippen molar-refractivity contribution in [2.24, 2.45) is 5.73 Å². The van der Waals surface area contributed by atoms with E-state index >= 15 is 0 Å². The van der Waals surface area contributed by atoms with Gasteiger partial charge in [-0.05, 0) is 0 Å². The van der Waals surface area contributed by atoms with Crippen LogP contribution in [0.3, 0.4) is 0 Å². The molecular formula is C4H8N4O. The summed E-state index contributed by atoms with van der Waals surface area (Å²) in [4.78, 5) is 3.74. The van der Waals surface area contributed by atoms with Gasteiger partial charge in [0.05, 0.1) is 12.6 Å². The van der Waals surface area contributed by atoms with Crippen LogP contribution in [0, 0.1) is 0 Å². The zero-order valence-electron chi connectivity index (χ0n) is 4.78. The smallest absolute Gasteiger partial charge is 0.143 e. The predicted octanol–water partition coefficient (Wildman–Crippen LogP) is -1.20. The van der Waals surface area contributed by atoms with Crippen molar-refractivity contribution < 1.29 is 5.11 Å². The van der Waals surface area contributed by atoms with Crippen LogP contribution in [0.1, 0.15) is 11.9 Å². The van der Waals surface area contributed by atoms with E-state index in [4.69, 9.17) is 10.8 Å². The van der Waals surface area contributed by atoms with Gasteiger partial charge in [-0.3, -0.25) is 5.10 Å². The first-order valence-corrected chi connectivity index (χ1v) is 2.56. The van der Waals surface area contributed by atoms with Gasteiger partial charge in [0.15, 0.2) is 0 Å². The van der Waals surface area contributed by atoms with E-state index in [0.717, 1.165) is 0 Å². The number of hydrogen-bond acceptors (Lipinski definition) is 4. The van der Waals surface area contributed by atoms with Crippen molar-refractivity contribution in [1.82, 2.24) is 15.2 Å². The molecule has 0 saturated heterocycles. The summed E-state index contributed by atoms with van der Waals surface area (Å²) < 4.78 is 0. The van der Waals surface area contributed by atoms with Crippen molar-refractivity contribution in [3.63, 3.8) is 0 Å². The lowest BCUT2D eigenvalue weighted by Gasteiger charge is -2.00. The summed E-state index contributed by atoms with van der Waals surface area (Å²) in [7, 11) is 0. The minimum absolute atomic E-state index is 0.116. The number of aliphatic hydroxyl groups is 1. The summed E-state index contributed by atoms with van der Waals surface area (Å²) >= 11 is 0. The predicted molar refractivity (Wildman–Crippen MR) is 30.4 cm³/mol. The van der Waals surface area contributed by atoms with E-state index in [1.54, 1.807) is 0 Å². The fourth-order valence-corrected chi connectivity index (χ4v) is 0.480. The molecule has 1 atom stereocenters. The monoisotopic (exact) mass is 128 g/mol. The number of aromatic nitrogens is 3. The molecule has 1 aromatic heterocycles. The molecule has 0 radical (unpaired) electrons. The Bertz CT molecular complexity index is 161. The maximum absolute atomic E-state index is 8.49. The van der Waals surface area contributed by atoms with E-state index in [2.05, 4.69) is 15.2 Å². The molecule has 1 heterocycles. The van der Waals surface area contributed by atoms with Crippen LogP contribution in [0.5, 0.6) is 0 Å². The van der Waals surface area contributed by atoms with Crippen molar-refractivity contribution in [2.75, 3.05) is 6.61 Å². The van der Waals surface area contributed by atoms with E-state index in [-0.39, 0.29) is 6.61 Å². The molecule has 5 nitrogen and oxygen atoms in total. The zero-order valence-corrected chi connectivity index (χ0v) is 4.78. The van der Waals surface area contributed by atoms with E-state index in [0.29, 0.717) is 5.82 Å². The van der Waals surface area contributed by atoms with E-state index in [1.165, 1.54) is 6.33 Å². The number of aromatic amines is 1. The van der Waals surface area contributed by atoms with Gasteiger partial charge in [-0.2, -0.15) is 5.10 Å². The Hall–Kier alpha value is -0.940. The van der Waals surface area contributed by atoms with Crippen LogP contribution < -0.4 is 5.73 Å². The van der Waals surface area contributed by atoms with Crippen molar-refractivity contribution in [3.8, 4) is 0 Å². The molecule has 0 amide bonds. The molecule has 0 saturated carbocycles. The first kappa shape index (κ1) is 6.18. The lowest BCUT2D eigenvalue weighted by atomic mass is 10.3. The fourth-order valence-electron chi connectivity index (χ4n) is 0.480. The molecule has 1 unspecified atom stereocenters. The molecule has 9 heavy (non-hydrogen) atoms. The van der Waals surface area contributed by atoms with Crippen LogP contribution in [0.2, 0.25) is 0 Å².